The monoisotopic (exact) mass is 577 g/mol. The van der Waals surface area contributed by atoms with Crippen LogP contribution in [0, 0.1) is 6.92 Å². The fourth-order valence-corrected chi connectivity index (χ4v) is 4.38. The normalized spacial score (nSPS) is 10.8. The zero-order valence-electron chi connectivity index (χ0n) is 25.6. The summed E-state index contributed by atoms with van der Waals surface area (Å²) in [6.45, 7) is 15.8. The minimum atomic E-state index is -2.88. The van der Waals surface area contributed by atoms with Crippen molar-refractivity contribution in [2.24, 2.45) is 4.99 Å². The van der Waals surface area contributed by atoms with Gasteiger partial charge in [-0.15, -0.1) is 0 Å². The van der Waals surface area contributed by atoms with Crippen LogP contribution in [0.1, 0.15) is 84.8 Å². The molecule has 6 nitrogen and oxygen atoms in total. The Hall–Kier alpha value is -4.20. The zero-order chi connectivity index (χ0) is 31.1. The molecule has 0 spiro atoms. The van der Waals surface area contributed by atoms with Crippen molar-refractivity contribution in [3.05, 3.63) is 100 Å². The van der Waals surface area contributed by atoms with Gasteiger partial charge in [-0.3, -0.25) is 14.4 Å². The topological polar surface area (TPSA) is 72.2 Å². The Balaban J connectivity index is 0.000000555. The van der Waals surface area contributed by atoms with Crippen LogP contribution in [0.15, 0.2) is 83.2 Å². The lowest BCUT2D eigenvalue weighted by atomic mass is 10.1. The van der Waals surface area contributed by atoms with Gasteiger partial charge in [-0.1, -0.05) is 89.6 Å². The number of anilines is 1. The van der Waals surface area contributed by atoms with E-state index in [-0.39, 0.29) is 7.47 Å². The van der Waals surface area contributed by atoms with Crippen LogP contribution in [0.5, 0.6) is 0 Å². The van der Waals surface area contributed by atoms with Crippen molar-refractivity contribution in [1.29, 1.82) is 0 Å². The van der Waals surface area contributed by atoms with Crippen LogP contribution in [0.2, 0.25) is 0 Å². The molecule has 0 fully saturated rings. The molecule has 2 heterocycles. The van der Waals surface area contributed by atoms with E-state index >= 15 is 0 Å². The Morgan fingerprint density at radius 3 is 2.31 bits per heavy atom. The number of fused-ring (bicyclic) bond motifs is 1. The fourth-order valence-electron chi connectivity index (χ4n) is 4.38. The second-order valence-electron chi connectivity index (χ2n) is 9.47. The molecule has 0 bridgehead atoms. The first-order valence-electron chi connectivity index (χ1n) is 14.6. The van der Waals surface area contributed by atoms with Crippen molar-refractivity contribution in [2.75, 3.05) is 5.32 Å². The van der Waals surface area contributed by atoms with E-state index in [0.29, 0.717) is 22.7 Å². The number of alkyl halides is 2. The van der Waals surface area contributed by atoms with Gasteiger partial charge in [0.2, 0.25) is 5.95 Å². The van der Waals surface area contributed by atoms with E-state index in [1.807, 2.05) is 64.1 Å². The van der Waals surface area contributed by atoms with Gasteiger partial charge < -0.3 is 5.32 Å². The van der Waals surface area contributed by atoms with Gasteiger partial charge in [0.15, 0.2) is 5.65 Å². The molecule has 0 aliphatic heterocycles. The molecule has 2 aromatic carbocycles. The van der Waals surface area contributed by atoms with Gasteiger partial charge in [0.25, 0.3) is 12.0 Å². The van der Waals surface area contributed by atoms with Crippen LogP contribution >= 0.6 is 0 Å². The smallest absolute Gasteiger partial charge is 0.269 e. The first-order valence-corrected chi connectivity index (χ1v) is 14.6. The summed E-state index contributed by atoms with van der Waals surface area (Å²) in [7, 11) is 0. The Labute approximate surface area is 249 Å². The van der Waals surface area contributed by atoms with Crippen LogP contribution in [0.4, 0.5) is 14.7 Å². The largest absolute Gasteiger partial charge is 0.351 e. The zero-order valence-corrected chi connectivity index (χ0v) is 25.6. The molecule has 0 saturated heterocycles. The van der Waals surface area contributed by atoms with Crippen LogP contribution in [0.25, 0.3) is 22.4 Å². The van der Waals surface area contributed by atoms with Crippen molar-refractivity contribution in [3.63, 3.8) is 0 Å². The van der Waals surface area contributed by atoms with Gasteiger partial charge in [0.05, 0.1) is 16.9 Å². The second-order valence-corrected chi connectivity index (χ2v) is 9.47. The molecule has 0 atom stereocenters. The van der Waals surface area contributed by atoms with E-state index in [0.717, 1.165) is 42.5 Å². The number of rotatable bonds is 10. The maximum Gasteiger partial charge on any atom is 0.269 e. The highest BCUT2D eigenvalue weighted by molar-refractivity contribution is 5.78. The molecule has 8 heteroatoms. The lowest BCUT2D eigenvalue weighted by Crippen LogP contribution is -2.25. The number of pyridine rings is 1. The number of hydrogen-bond donors (Lipinski definition) is 1. The van der Waals surface area contributed by atoms with Crippen LogP contribution in [0.3, 0.4) is 0 Å². The summed E-state index contributed by atoms with van der Waals surface area (Å²) in [6.07, 6.45) is 4.37. The van der Waals surface area contributed by atoms with Crippen LogP contribution in [-0.4, -0.2) is 26.8 Å². The molecule has 4 aromatic rings. The minimum Gasteiger partial charge on any atom is -0.351 e. The van der Waals surface area contributed by atoms with Gasteiger partial charge in [-0.25, -0.2) is 13.8 Å². The molecule has 0 unspecified atom stereocenters. The number of aliphatic imine (C=N–C) groups is 1. The number of halogens is 2. The molecule has 0 amide bonds. The predicted molar refractivity (Wildman–Crippen MR) is 175 cm³/mol. The molecule has 42 heavy (non-hydrogen) atoms. The number of hydrogen-bond acceptors (Lipinski definition) is 5. The maximum atomic E-state index is 13.5. The standard InChI is InChI=1S/C22H26F2N4O.C10H11N.C2H6.H2/c1-4-7-16(8-5-2)26-22-25-13-15-12-18(19(23)24)21(29)28(20(15)27-22)17-10-6-9-14(3)11-17;1-3-11-9(2)10-7-5-4-6-8-10;1-2;/h6,9-13,16,19H,4-5,7-8H2,1-3H3,(H,25,26,27);3-8H,2H2,1H3;1-2H3;1H. The third kappa shape index (κ3) is 9.43. The summed E-state index contributed by atoms with van der Waals surface area (Å²) < 4.78 is 28.2. The quantitative estimate of drug-likeness (QED) is 0.191. The first kappa shape index (κ1) is 34.0. The van der Waals surface area contributed by atoms with Crippen LogP contribution < -0.4 is 10.9 Å². The number of nitrogens with one attached hydrogen (secondary N) is 1. The molecule has 0 saturated carbocycles. The lowest BCUT2D eigenvalue weighted by molar-refractivity contribution is 0.149. The van der Waals surface area contributed by atoms with Gasteiger partial charge in [-0.2, -0.15) is 4.98 Å². The molecule has 226 valence electrons. The van der Waals surface area contributed by atoms with Gasteiger partial charge in [0.1, 0.15) is 0 Å². The summed E-state index contributed by atoms with van der Waals surface area (Å²) >= 11 is 0. The molecule has 0 radical (unpaired) electrons. The van der Waals surface area contributed by atoms with E-state index in [4.69, 9.17) is 0 Å². The number of nitrogens with zero attached hydrogens (tertiary/aromatic N) is 4. The summed E-state index contributed by atoms with van der Waals surface area (Å²) in [5, 5.41) is 3.73. The molecule has 0 aliphatic rings. The Kier molecular flexibility index (Phi) is 14.2. The highest BCUT2D eigenvalue weighted by atomic mass is 19.3. The molecule has 1 N–H and O–H groups in total. The van der Waals surface area contributed by atoms with Crippen molar-refractivity contribution in [2.45, 2.75) is 79.7 Å². The fraction of sp³-hybridized carbons (Fsp3) is 0.353. The summed E-state index contributed by atoms with van der Waals surface area (Å²) in [6, 6.07) is 18.5. The average Bonchev–Trinajstić information content (AvgIpc) is 2.99. The number of benzene rings is 2. The van der Waals surface area contributed by atoms with E-state index in [2.05, 4.69) is 40.7 Å². The number of aryl methyl sites for hydroxylation is 1. The van der Waals surface area contributed by atoms with Crippen molar-refractivity contribution >= 4 is 28.9 Å². The van der Waals surface area contributed by atoms with Crippen molar-refractivity contribution in [1.82, 2.24) is 14.5 Å². The van der Waals surface area contributed by atoms with Crippen LogP contribution in [-0.2, 0) is 0 Å². The van der Waals surface area contributed by atoms with E-state index in [1.165, 1.54) is 16.8 Å². The summed E-state index contributed by atoms with van der Waals surface area (Å²) in [5.74, 6) is 0.398. The second kappa shape index (κ2) is 17.6. The Bertz CT molecular complexity index is 1500. The molecular formula is C34H45F2N5O. The third-order valence-corrected chi connectivity index (χ3v) is 6.26. The van der Waals surface area contributed by atoms with Crippen molar-refractivity contribution in [3.8, 4) is 5.69 Å². The molecule has 2 aromatic heterocycles. The Morgan fingerprint density at radius 1 is 1.07 bits per heavy atom. The van der Waals surface area contributed by atoms with Gasteiger partial charge in [0, 0.05) is 25.3 Å². The summed E-state index contributed by atoms with van der Waals surface area (Å²) in [5.41, 5.74) is 2.31. The number of aromatic nitrogens is 3. The first-order chi connectivity index (χ1) is 20.3. The third-order valence-electron chi connectivity index (χ3n) is 6.26. The van der Waals surface area contributed by atoms with Gasteiger partial charge >= 0.3 is 0 Å². The Morgan fingerprint density at radius 2 is 1.74 bits per heavy atom. The lowest BCUT2D eigenvalue weighted by Gasteiger charge is -2.18. The van der Waals surface area contributed by atoms with Crippen molar-refractivity contribution < 1.29 is 10.2 Å². The highest BCUT2D eigenvalue weighted by Crippen LogP contribution is 2.23. The maximum absolute atomic E-state index is 13.5. The van der Waals surface area contributed by atoms with E-state index < -0.39 is 17.5 Å². The predicted octanol–water partition coefficient (Wildman–Crippen LogP) is 9.43. The minimum absolute atomic E-state index is 0. The van der Waals surface area contributed by atoms with Gasteiger partial charge in [-0.05, 0) is 56.0 Å². The highest BCUT2D eigenvalue weighted by Gasteiger charge is 2.20. The molecule has 4 rings (SSSR count). The van der Waals surface area contributed by atoms with E-state index in [9.17, 15) is 13.6 Å². The average molecular weight is 578 g/mol. The molecule has 0 aliphatic carbocycles. The summed E-state index contributed by atoms with van der Waals surface area (Å²) in [4.78, 5) is 25.8. The molecular weight excluding hydrogens is 532 g/mol. The SMILES string of the molecule is C=C(N=CC)c1ccccc1.CC.CCCC(CCC)Nc1ncc2cc(C(F)F)c(=O)n(-c3cccc(C)c3)c2n1.[HH]. The van der Waals surface area contributed by atoms with E-state index in [1.54, 1.807) is 24.4 Å².